The summed E-state index contributed by atoms with van der Waals surface area (Å²) in [5.41, 5.74) is 0. The van der Waals surface area contributed by atoms with Gasteiger partial charge in [-0.3, -0.25) is 9.69 Å². The van der Waals surface area contributed by atoms with E-state index in [1.807, 2.05) is 6.92 Å². The van der Waals surface area contributed by atoms with Crippen molar-refractivity contribution in [3.63, 3.8) is 0 Å². The number of carbonyl (C=O) groups is 2. The summed E-state index contributed by atoms with van der Waals surface area (Å²) in [5.74, 6) is -1.06. The van der Waals surface area contributed by atoms with Crippen molar-refractivity contribution in [3.8, 4) is 0 Å². The normalized spacial score (nSPS) is 18.3. The van der Waals surface area contributed by atoms with Crippen molar-refractivity contribution in [1.29, 1.82) is 0 Å². The van der Waals surface area contributed by atoms with Crippen molar-refractivity contribution in [2.75, 3.05) is 45.6 Å². The number of hydrogen-bond donors (Lipinski definition) is 2. The zero-order valence-corrected chi connectivity index (χ0v) is 14.3. The van der Waals surface area contributed by atoms with Gasteiger partial charge in [-0.05, 0) is 6.42 Å². The smallest absolute Gasteiger partial charge is 0.407 e. The van der Waals surface area contributed by atoms with Crippen molar-refractivity contribution in [2.24, 2.45) is 0 Å². The largest absolute Gasteiger partial charge is 0.480 e. The maximum Gasteiger partial charge on any atom is 0.407 e. The molecule has 1 heterocycles. The Balaban J connectivity index is 2.47. The molecule has 0 radical (unpaired) electrons. The maximum atomic E-state index is 11.5. The molecule has 0 saturated carbocycles. The number of aliphatic carboxylic acids is 1. The summed E-state index contributed by atoms with van der Waals surface area (Å²) in [6.45, 7) is 3.27. The van der Waals surface area contributed by atoms with E-state index in [0.29, 0.717) is 19.7 Å². The van der Waals surface area contributed by atoms with E-state index in [9.17, 15) is 23.1 Å². The van der Waals surface area contributed by atoms with Crippen LogP contribution in [0.1, 0.15) is 19.8 Å². The van der Waals surface area contributed by atoms with Gasteiger partial charge in [-0.1, -0.05) is 13.3 Å². The van der Waals surface area contributed by atoms with Crippen LogP contribution in [0.15, 0.2) is 0 Å². The van der Waals surface area contributed by atoms with Crippen molar-refractivity contribution in [2.45, 2.75) is 25.8 Å². The zero-order chi connectivity index (χ0) is 17.5. The highest BCUT2D eigenvalue weighted by atomic mass is 32.2. The van der Waals surface area contributed by atoms with E-state index < -0.39 is 28.1 Å². The molecule has 1 aliphatic heterocycles. The predicted molar refractivity (Wildman–Crippen MR) is 83.7 cm³/mol. The number of carboxylic acid groups (broad SMARTS) is 1. The van der Waals surface area contributed by atoms with Gasteiger partial charge < -0.3 is 15.2 Å². The molecule has 1 saturated heterocycles. The number of alkyl carbamates (subject to hydrolysis) is 1. The van der Waals surface area contributed by atoms with Gasteiger partial charge in [-0.2, -0.15) is 4.31 Å². The third-order valence-corrected chi connectivity index (χ3v) is 4.94. The molecule has 1 aliphatic rings. The van der Waals surface area contributed by atoms with Gasteiger partial charge in [-0.15, -0.1) is 0 Å². The number of piperazine rings is 1. The summed E-state index contributed by atoms with van der Waals surface area (Å²) in [6.07, 6.45) is 2.14. The van der Waals surface area contributed by atoms with Crippen molar-refractivity contribution < 1.29 is 27.9 Å². The summed E-state index contributed by atoms with van der Waals surface area (Å²) >= 11 is 0. The average molecular weight is 351 g/mol. The minimum Gasteiger partial charge on any atom is -0.480 e. The van der Waals surface area contributed by atoms with Gasteiger partial charge in [0.25, 0.3) is 0 Å². The minimum absolute atomic E-state index is 0.0842. The Labute approximate surface area is 136 Å². The highest BCUT2D eigenvalue weighted by Gasteiger charge is 2.31. The Kier molecular flexibility index (Phi) is 7.73. The lowest BCUT2D eigenvalue weighted by Gasteiger charge is -2.36. The van der Waals surface area contributed by atoms with E-state index >= 15 is 0 Å². The Hall–Kier alpha value is -1.39. The third kappa shape index (κ3) is 6.71. The first-order valence-corrected chi connectivity index (χ1v) is 9.43. The van der Waals surface area contributed by atoms with Crippen LogP contribution in [0.5, 0.6) is 0 Å². The standard InChI is InChI=1S/C13H25N3O6S/c1-3-4-9-22-13(19)14-10-11(12(17)18)15-5-7-16(8-6-15)23(2,20)21/h11H,3-10H2,1-2H3,(H,14,19)(H,17,18). The number of nitrogens with one attached hydrogen (secondary N) is 1. The molecule has 134 valence electrons. The number of rotatable bonds is 8. The van der Waals surface area contributed by atoms with E-state index in [1.54, 1.807) is 4.90 Å². The summed E-state index contributed by atoms with van der Waals surface area (Å²) < 4.78 is 29.1. The molecule has 1 fully saturated rings. The van der Waals surface area contributed by atoms with Gasteiger partial charge in [0.2, 0.25) is 10.0 Å². The van der Waals surface area contributed by atoms with Gasteiger partial charge in [0.1, 0.15) is 6.04 Å². The van der Waals surface area contributed by atoms with E-state index in [2.05, 4.69) is 5.32 Å². The minimum atomic E-state index is -3.26. The molecular formula is C13H25N3O6S. The van der Waals surface area contributed by atoms with Crippen LogP contribution in [0.3, 0.4) is 0 Å². The lowest BCUT2D eigenvalue weighted by atomic mass is 10.2. The molecule has 2 N–H and O–H groups in total. The van der Waals surface area contributed by atoms with Gasteiger partial charge in [0, 0.05) is 32.7 Å². The molecule has 1 amide bonds. The summed E-state index contributed by atoms with van der Waals surface area (Å²) in [4.78, 5) is 24.5. The molecule has 0 aromatic rings. The fourth-order valence-corrected chi connectivity index (χ4v) is 3.09. The number of nitrogens with zero attached hydrogens (tertiary/aromatic N) is 2. The van der Waals surface area contributed by atoms with Crippen LogP contribution < -0.4 is 5.32 Å². The first-order valence-electron chi connectivity index (χ1n) is 7.58. The maximum absolute atomic E-state index is 11.5. The number of carbonyl (C=O) groups excluding carboxylic acids is 1. The second-order valence-corrected chi connectivity index (χ2v) is 7.40. The molecule has 0 aromatic carbocycles. The van der Waals surface area contributed by atoms with Gasteiger partial charge >= 0.3 is 12.1 Å². The van der Waals surface area contributed by atoms with Gasteiger partial charge in [-0.25, -0.2) is 13.2 Å². The van der Waals surface area contributed by atoms with E-state index in [1.165, 1.54) is 4.31 Å². The fourth-order valence-electron chi connectivity index (χ4n) is 2.26. The van der Waals surface area contributed by atoms with Crippen molar-refractivity contribution in [3.05, 3.63) is 0 Å². The fraction of sp³-hybridized carbons (Fsp3) is 0.846. The van der Waals surface area contributed by atoms with E-state index in [0.717, 1.165) is 19.1 Å². The van der Waals surface area contributed by atoms with Crippen LogP contribution >= 0.6 is 0 Å². The SMILES string of the molecule is CCCCOC(=O)NCC(C(=O)O)N1CCN(S(C)(=O)=O)CC1. The number of hydrogen-bond acceptors (Lipinski definition) is 6. The highest BCUT2D eigenvalue weighted by molar-refractivity contribution is 7.88. The summed E-state index contributed by atoms with van der Waals surface area (Å²) in [5, 5.41) is 11.8. The quantitative estimate of drug-likeness (QED) is 0.569. The molecule has 9 nitrogen and oxygen atoms in total. The summed E-state index contributed by atoms with van der Waals surface area (Å²) in [6, 6.07) is -0.907. The van der Waals surface area contributed by atoms with E-state index in [4.69, 9.17) is 4.74 Å². The number of sulfonamides is 1. The van der Waals surface area contributed by atoms with Gasteiger partial charge in [0.15, 0.2) is 0 Å². The van der Waals surface area contributed by atoms with Crippen LogP contribution in [0, 0.1) is 0 Å². The summed E-state index contributed by atoms with van der Waals surface area (Å²) in [7, 11) is -3.26. The van der Waals surface area contributed by atoms with E-state index in [-0.39, 0.29) is 19.6 Å². The lowest BCUT2D eigenvalue weighted by molar-refractivity contribution is -0.143. The Morgan fingerprint density at radius 1 is 1.26 bits per heavy atom. The van der Waals surface area contributed by atoms with Crippen molar-refractivity contribution >= 4 is 22.1 Å². The molecule has 1 rings (SSSR count). The molecule has 0 aromatic heterocycles. The second-order valence-electron chi connectivity index (χ2n) is 5.42. The van der Waals surface area contributed by atoms with Crippen LogP contribution in [0.2, 0.25) is 0 Å². The molecule has 23 heavy (non-hydrogen) atoms. The molecular weight excluding hydrogens is 326 g/mol. The average Bonchev–Trinajstić information content (AvgIpc) is 2.47. The first-order chi connectivity index (χ1) is 10.8. The molecule has 0 bridgehead atoms. The number of ether oxygens (including phenoxy) is 1. The molecule has 0 aliphatic carbocycles. The molecule has 1 atom stereocenters. The van der Waals surface area contributed by atoms with Crippen LogP contribution in [-0.4, -0.2) is 86.4 Å². The molecule has 1 unspecified atom stereocenters. The number of carboxylic acids is 1. The Bertz CT molecular complexity index is 502. The van der Waals surface area contributed by atoms with Crippen molar-refractivity contribution in [1.82, 2.24) is 14.5 Å². The van der Waals surface area contributed by atoms with Crippen LogP contribution in [-0.2, 0) is 19.6 Å². The number of amides is 1. The second kappa shape index (κ2) is 9.04. The first kappa shape index (κ1) is 19.7. The highest BCUT2D eigenvalue weighted by Crippen LogP contribution is 2.09. The predicted octanol–water partition coefficient (Wildman–Crippen LogP) is -0.457. The van der Waals surface area contributed by atoms with Crippen LogP contribution in [0.25, 0.3) is 0 Å². The lowest BCUT2D eigenvalue weighted by Crippen LogP contribution is -2.56. The topological polar surface area (TPSA) is 116 Å². The van der Waals surface area contributed by atoms with Gasteiger partial charge in [0.05, 0.1) is 12.9 Å². The number of unbranched alkanes of at least 4 members (excludes halogenated alkanes) is 1. The van der Waals surface area contributed by atoms with Crippen LogP contribution in [0.4, 0.5) is 4.79 Å². The monoisotopic (exact) mass is 351 g/mol. The molecule has 0 spiro atoms. The molecule has 10 heteroatoms. The Morgan fingerprint density at radius 2 is 1.87 bits per heavy atom. The third-order valence-electron chi connectivity index (χ3n) is 3.64. The zero-order valence-electron chi connectivity index (χ0n) is 13.5. The Morgan fingerprint density at radius 3 is 2.35 bits per heavy atom.